The number of amides is 1. The van der Waals surface area contributed by atoms with Gasteiger partial charge in [0.05, 0.1) is 25.1 Å². The Balaban J connectivity index is 1.67. The molecule has 7 heteroatoms. The number of halogens is 1. The van der Waals surface area contributed by atoms with Gasteiger partial charge in [0.15, 0.2) is 5.78 Å². The Morgan fingerprint density at radius 3 is 2.67 bits per heavy atom. The Labute approximate surface area is 165 Å². The second-order valence-corrected chi connectivity index (χ2v) is 7.95. The Kier molecular flexibility index (Phi) is 6.47. The number of Topliss-reactive ketones (excluding diaryl/α,β-unsaturated/α-hetero) is 1. The minimum Gasteiger partial charge on any atom is -0.467 e. The molecule has 0 radical (unpaired) electrons. The molecule has 0 spiro atoms. The summed E-state index contributed by atoms with van der Waals surface area (Å²) in [7, 11) is 0. The largest absolute Gasteiger partial charge is 0.467 e. The molecule has 0 aliphatic rings. The monoisotopic (exact) mass is 403 g/mol. The fourth-order valence-corrected chi connectivity index (χ4v) is 4.02. The molecular weight excluding hydrogens is 385 g/mol. The molecule has 1 amide bonds. The summed E-state index contributed by atoms with van der Waals surface area (Å²) >= 11 is 2.70. The molecule has 2 aromatic heterocycles. The third kappa shape index (κ3) is 5.30. The van der Waals surface area contributed by atoms with Gasteiger partial charge in [-0.15, -0.1) is 23.1 Å². The minimum absolute atomic E-state index is 0.0996. The van der Waals surface area contributed by atoms with Crippen LogP contribution in [-0.2, 0) is 17.9 Å². The molecule has 0 saturated carbocycles. The number of thioether (sulfide) groups is 1. The summed E-state index contributed by atoms with van der Waals surface area (Å²) in [5.74, 6) is 0.00257. The summed E-state index contributed by atoms with van der Waals surface area (Å²) < 4.78 is 19.5. The number of hydrogen-bond acceptors (Lipinski definition) is 5. The highest BCUT2D eigenvalue weighted by Crippen LogP contribution is 2.24. The maximum atomic E-state index is 14.2. The first-order chi connectivity index (χ1) is 13.0. The summed E-state index contributed by atoms with van der Waals surface area (Å²) in [5.41, 5.74) is 0.320. The van der Waals surface area contributed by atoms with E-state index in [-0.39, 0.29) is 17.4 Å². The molecule has 2 heterocycles. The second kappa shape index (κ2) is 9.01. The van der Waals surface area contributed by atoms with Gasteiger partial charge in [-0.3, -0.25) is 9.59 Å². The van der Waals surface area contributed by atoms with Crippen molar-refractivity contribution in [3.05, 3.63) is 76.1 Å². The third-order valence-corrected chi connectivity index (χ3v) is 5.79. The molecule has 27 heavy (non-hydrogen) atoms. The van der Waals surface area contributed by atoms with E-state index < -0.39 is 5.82 Å². The molecule has 0 bridgehead atoms. The number of benzene rings is 1. The molecule has 0 saturated heterocycles. The van der Waals surface area contributed by atoms with Gasteiger partial charge in [0.2, 0.25) is 5.91 Å². The fraction of sp³-hybridized carbons (Fsp3) is 0.200. The lowest BCUT2D eigenvalue weighted by Gasteiger charge is -2.21. The van der Waals surface area contributed by atoms with Gasteiger partial charge in [-0.05, 0) is 42.6 Å². The van der Waals surface area contributed by atoms with Crippen LogP contribution in [0.1, 0.15) is 27.9 Å². The van der Waals surface area contributed by atoms with Gasteiger partial charge in [0.1, 0.15) is 11.6 Å². The van der Waals surface area contributed by atoms with Crippen molar-refractivity contribution in [3.63, 3.8) is 0 Å². The van der Waals surface area contributed by atoms with Gasteiger partial charge in [0.25, 0.3) is 0 Å². The van der Waals surface area contributed by atoms with Crippen LogP contribution >= 0.6 is 23.1 Å². The smallest absolute Gasteiger partial charge is 0.233 e. The molecule has 140 valence electrons. The quantitative estimate of drug-likeness (QED) is 0.392. The Bertz CT molecular complexity index is 871. The second-order valence-electron chi connectivity index (χ2n) is 5.90. The maximum Gasteiger partial charge on any atom is 0.233 e. The molecule has 3 rings (SSSR count). The van der Waals surface area contributed by atoms with E-state index in [0.29, 0.717) is 29.3 Å². The fourth-order valence-electron chi connectivity index (χ4n) is 2.48. The molecule has 4 nitrogen and oxygen atoms in total. The zero-order valence-electron chi connectivity index (χ0n) is 14.7. The summed E-state index contributed by atoms with van der Waals surface area (Å²) in [6.45, 7) is 2.22. The molecule has 0 N–H and O–H groups in total. The maximum absolute atomic E-state index is 14.2. The SMILES string of the molecule is CC(=O)c1ccc(SCC(=O)N(Cc2ccco2)Cc2cccs2)c(F)c1. The van der Waals surface area contributed by atoms with Crippen LogP contribution in [0.25, 0.3) is 0 Å². The number of furan rings is 1. The number of thiophene rings is 1. The van der Waals surface area contributed by atoms with Crippen molar-refractivity contribution in [2.45, 2.75) is 24.9 Å². The average molecular weight is 404 g/mol. The van der Waals surface area contributed by atoms with Gasteiger partial charge in [0, 0.05) is 15.3 Å². The topological polar surface area (TPSA) is 50.5 Å². The minimum atomic E-state index is -0.489. The first-order valence-corrected chi connectivity index (χ1v) is 10.2. The van der Waals surface area contributed by atoms with E-state index in [1.54, 1.807) is 40.7 Å². The van der Waals surface area contributed by atoms with Crippen LogP contribution < -0.4 is 0 Å². The van der Waals surface area contributed by atoms with Crippen molar-refractivity contribution in [3.8, 4) is 0 Å². The van der Waals surface area contributed by atoms with E-state index in [4.69, 9.17) is 4.42 Å². The van der Waals surface area contributed by atoms with Gasteiger partial charge in [-0.2, -0.15) is 0 Å². The van der Waals surface area contributed by atoms with Crippen molar-refractivity contribution in [1.82, 2.24) is 4.90 Å². The van der Waals surface area contributed by atoms with E-state index in [1.165, 1.54) is 13.0 Å². The summed E-state index contributed by atoms with van der Waals surface area (Å²) in [4.78, 5) is 27.2. The van der Waals surface area contributed by atoms with Gasteiger partial charge in [-0.25, -0.2) is 4.39 Å². The predicted molar refractivity (Wildman–Crippen MR) is 104 cm³/mol. The van der Waals surface area contributed by atoms with Crippen LogP contribution in [0.4, 0.5) is 4.39 Å². The van der Waals surface area contributed by atoms with Gasteiger partial charge in [-0.1, -0.05) is 12.1 Å². The van der Waals surface area contributed by atoms with Crippen LogP contribution in [0.15, 0.2) is 63.4 Å². The number of nitrogens with zero attached hydrogens (tertiary/aromatic N) is 1. The van der Waals surface area contributed by atoms with Crippen LogP contribution in [0.5, 0.6) is 0 Å². The van der Waals surface area contributed by atoms with Crippen LogP contribution in [0.3, 0.4) is 0 Å². The lowest BCUT2D eigenvalue weighted by atomic mass is 10.1. The Morgan fingerprint density at radius 2 is 2.04 bits per heavy atom. The number of rotatable bonds is 8. The highest BCUT2D eigenvalue weighted by Gasteiger charge is 2.18. The number of hydrogen-bond donors (Lipinski definition) is 0. The van der Waals surface area contributed by atoms with E-state index >= 15 is 0 Å². The lowest BCUT2D eigenvalue weighted by molar-refractivity contribution is -0.129. The summed E-state index contributed by atoms with van der Waals surface area (Å²) in [6, 6.07) is 11.8. The molecule has 0 fully saturated rings. The van der Waals surface area contributed by atoms with Gasteiger partial charge >= 0.3 is 0 Å². The molecule has 0 aliphatic carbocycles. The van der Waals surface area contributed by atoms with E-state index in [1.807, 2.05) is 23.6 Å². The molecular formula is C20H18FNO3S2. The van der Waals surface area contributed by atoms with Crippen molar-refractivity contribution >= 4 is 34.8 Å². The van der Waals surface area contributed by atoms with Crippen LogP contribution in [0.2, 0.25) is 0 Å². The average Bonchev–Trinajstić information content (AvgIpc) is 3.33. The molecule has 0 atom stereocenters. The van der Waals surface area contributed by atoms with Crippen LogP contribution in [0, 0.1) is 5.82 Å². The summed E-state index contributed by atoms with van der Waals surface area (Å²) in [5, 5.41) is 1.96. The zero-order chi connectivity index (χ0) is 19.2. The van der Waals surface area contributed by atoms with Crippen molar-refractivity contribution in [2.24, 2.45) is 0 Å². The van der Waals surface area contributed by atoms with Crippen molar-refractivity contribution in [1.29, 1.82) is 0 Å². The molecule has 0 aliphatic heterocycles. The normalized spacial score (nSPS) is 10.7. The van der Waals surface area contributed by atoms with Crippen molar-refractivity contribution in [2.75, 3.05) is 5.75 Å². The first kappa shape index (κ1) is 19.4. The molecule has 0 unspecified atom stereocenters. The third-order valence-electron chi connectivity index (χ3n) is 3.90. The molecule has 1 aromatic carbocycles. The van der Waals surface area contributed by atoms with E-state index in [0.717, 1.165) is 16.6 Å². The Hall–Kier alpha value is -2.38. The first-order valence-electron chi connectivity index (χ1n) is 8.29. The summed E-state index contributed by atoms with van der Waals surface area (Å²) in [6.07, 6.45) is 1.57. The van der Waals surface area contributed by atoms with Crippen LogP contribution in [-0.4, -0.2) is 22.3 Å². The lowest BCUT2D eigenvalue weighted by Crippen LogP contribution is -2.31. The zero-order valence-corrected chi connectivity index (χ0v) is 16.3. The number of carbonyl (C=O) groups excluding carboxylic acids is 2. The van der Waals surface area contributed by atoms with Crippen molar-refractivity contribution < 1.29 is 18.4 Å². The van der Waals surface area contributed by atoms with E-state index in [2.05, 4.69) is 0 Å². The predicted octanol–water partition coefficient (Wildman–Crippen LogP) is 5.00. The van der Waals surface area contributed by atoms with Gasteiger partial charge < -0.3 is 9.32 Å². The number of carbonyl (C=O) groups is 2. The van der Waals surface area contributed by atoms with E-state index in [9.17, 15) is 14.0 Å². The number of ketones is 1. The molecule has 3 aromatic rings. The Morgan fingerprint density at radius 1 is 1.19 bits per heavy atom. The standard InChI is InChI=1S/C20H18FNO3S2/c1-14(23)15-6-7-19(18(21)10-15)27-13-20(24)22(11-16-4-2-8-25-16)12-17-5-3-9-26-17/h2-10H,11-13H2,1H3. The highest BCUT2D eigenvalue weighted by molar-refractivity contribution is 8.00. The highest BCUT2D eigenvalue weighted by atomic mass is 32.2.